The first-order valence-corrected chi connectivity index (χ1v) is 9.61. The summed E-state index contributed by atoms with van der Waals surface area (Å²) in [6.45, 7) is 3.30. The molecule has 1 amide bonds. The number of carbonyl (C=O) groups is 3. The third-order valence-electron chi connectivity index (χ3n) is 5.18. The van der Waals surface area contributed by atoms with E-state index >= 15 is 0 Å². The minimum Gasteiger partial charge on any atom is -0.450 e. The molecule has 148 valence electrons. The molecule has 0 spiro atoms. The Morgan fingerprint density at radius 1 is 1.07 bits per heavy atom. The van der Waals surface area contributed by atoms with Gasteiger partial charge in [0.25, 0.3) is 5.91 Å². The minimum absolute atomic E-state index is 0.0174. The van der Waals surface area contributed by atoms with Crippen molar-refractivity contribution in [2.75, 3.05) is 6.61 Å². The highest BCUT2D eigenvalue weighted by molar-refractivity contribution is 5.94. The lowest BCUT2D eigenvalue weighted by atomic mass is 9.86. The average Bonchev–Trinajstić information content (AvgIpc) is 3.18. The van der Waals surface area contributed by atoms with E-state index in [1.807, 2.05) is 0 Å². The zero-order valence-corrected chi connectivity index (χ0v) is 16.2. The Labute approximate surface area is 164 Å². The molecule has 1 saturated carbocycles. The number of rotatable bonds is 6. The zero-order valence-electron chi connectivity index (χ0n) is 16.2. The molecule has 1 aromatic heterocycles. The van der Waals surface area contributed by atoms with Crippen LogP contribution >= 0.6 is 0 Å². The van der Waals surface area contributed by atoms with E-state index < -0.39 is 5.97 Å². The summed E-state index contributed by atoms with van der Waals surface area (Å²) in [4.78, 5) is 35.6. The van der Waals surface area contributed by atoms with Crippen molar-refractivity contribution < 1.29 is 23.5 Å². The zero-order chi connectivity index (χ0) is 20.1. The van der Waals surface area contributed by atoms with E-state index in [4.69, 9.17) is 9.15 Å². The van der Waals surface area contributed by atoms with Crippen molar-refractivity contribution in [3.63, 3.8) is 0 Å². The summed E-state index contributed by atoms with van der Waals surface area (Å²) >= 11 is 0. The number of hydrogen-bond donors (Lipinski definition) is 1. The second-order valence-corrected chi connectivity index (χ2v) is 7.31. The molecule has 0 unspecified atom stereocenters. The largest absolute Gasteiger partial charge is 0.450 e. The molecule has 1 aliphatic carbocycles. The SMILES string of the molecule is CC(=O)c1ccc(-c2ccc(C(=O)OCC(=O)N[C@H]3CCCC[C@@H]3C)o2)cc1. The van der Waals surface area contributed by atoms with Gasteiger partial charge in [-0.2, -0.15) is 0 Å². The van der Waals surface area contributed by atoms with Crippen LogP contribution < -0.4 is 5.32 Å². The van der Waals surface area contributed by atoms with E-state index in [0.717, 1.165) is 24.8 Å². The van der Waals surface area contributed by atoms with Gasteiger partial charge < -0.3 is 14.5 Å². The van der Waals surface area contributed by atoms with Gasteiger partial charge in [0.05, 0.1) is 0 Å². The Bertz CT molecular complexity index is 852. The first-order chi connectivity index (χ1) is 13.4. The Kier molecular flexibility index (Phi) is 6.29. The molecule has 2 aromatic rings. The van der Waals surface area contributed by atoms with Crippen LogP contribution in [0.15, 0.2) is 40.8 Å². The van der Waals surface area contributed by atoms with Crippen LogP contribution in [0.25, 0.3) is 11.3 Å². The van der Waals surface area contributed by atoms with Crippen molar-refractivity contribution in [2.24, 2.45) is 5.92 Å². The van der Waals surface area contributed by atoms with Gasteiger partial charge in [-0.25, -0.2) is 4.79 Å². The summed E-state index contributed by atoms with van der Waals surface area (Å²) in [7, 11) is 0. The van der Waals surface area contributed by atoms with E-state index in [-0.39, 0.29) is 30.1 Å². The van der Waals surface area contributed by atoms with Gasteiger partial charge in [0.2, 0.25) is 5.76 Å². The molecule has 0 aliphatic heterocycles. The number of ketones is 1. The summed E-state index contributed by atoms with van der Waals surface area (Å²) in [5, 5.41) is 2.95. The van der Waals surface area contributed by atoms with Crippen molar-refractivity contribution in [3.05, 3.63) is 47.7 Å². The Morgan fingerprint density at radius 3 is 2.46 bits per heavy atom. The molecule has 3 rings (SSSR count). The standard InChI is InChI=1S/C22H25NO5/c1-14-5-3-4-6-18(14)23-21(25)13-27-22(26)20-12-11-19(28-20)17-9-7-16(8-10-17)15(2)24/h7-12,14,18H,3-6,13H2,1-2H3,(H,23,25)/t14-,18-/m0/s1. The highest BCUT2D eigenvalue weighted by Gasteiger charge is 2.23. The summed E-state index contributed by atoms with van der Waals surface area (Å²) in [5.41, 5.74) is 1.35. The van der Waals surface area contributed by atoms with E-state index in [0.29, 0.717) is 17.2 Å². The number of ether oxygens (including phenoxy) is 1. The smallest absolute Gasteiger partial charge is 0.374 e. The maximum absolute atomic E-state index is 12.2. The maximum Gasteiger partial charge on any atom is 0.374 e. The lowest BCUT2D eigenvalue weighted by molar-refractivity contribution is -0.125. The number of nitrogens with one attached hydrogen (secondary N) is 1. The number of furan rings is 1. The molecule has 2 atom stereocenters. The first kappa shape index (κ1) is 19.9. The van der Waals surface area contributed by atoms with Crippen molar-refractivity contribution in [1.29, 1.82) is 0 Å². The van der Waals surface area contributed by atoms with E-state index in [1.165, 1.54) is 19.4 Å². The lowest BCUT2D eigenvalue weighted by Crippen LogP contribution is -2.42. The molecule has 1 N–H and O–H groups in total. The van der Waals surface area contributed by atoms with E-state index in [9.17, 15) is 14.4 Å². The van der Waals surface area contributed by atoms with Gasteiger partial charge in [-0.05, 0) is 37.8 Å². The highest BCUT2D eigenvalue weighted by atomic mass is 16.5. The van der Waals surface area contributed by atoms with Crippen LogP contribution in [0.5, 0.6) is 0 Å². The molecule has 0 bridgehead atoms. The fourth-order valence-electron chi connectivity index (χ4n) is 3.45. The molecule has 0 radical (unpaired) electrons. The van der Waals surface area contributed by atoms with Crippen LogP contribution in [-0.4, -0.2) is 30.3 Å². The molecule has 1 aromatic carbocycles. The molecule has 6 heteroatoms. The fraction of sp³-hybridized carbons (Fsp3) is 0.409. The van der Waals surface area contributed by atoms with Crippen LogP contribution in [0.1, 0.15) is 60.4 Å². The second kappa shape index (κ2) is 8.87. The molecule has 28 heavy (non-hydrogen) atoms. The Morgan fingerprint density at radius 2 is 1.79 bits per heavy atom. The second-order valence-electron chi connectivity index (χ2n) is 7.31. The first-order valence-electron chi connectivity index (χ1n) is 9.61. The molecule has 1 fully saturated rings. The van der Waals surface area contributed by atoms with Crippen molar-refractivity contribution in [3.8, 4) is 11.3 Å². The lowest BCUT2D eigenvalue weighted by Gasteiger charge is -2.29. The van der Waals surface area contributed by atoms with Crippen LogP contribution in [0.3, 0.4) is 0 Å². The topological polar surface area (TPSA) is 85.6 Å². The fourth-order valence-corrected chi connectivity index (χ4v) is 3.45. The normalized spacial score (nSPS) is 19.1. The van der Waals surface area contributed by atoms with Gasteiger partial charge >= 0.3 is 5.97 Å². The molecule has 6 nitrogen and oxygen atoms in total. The number of esters is 1. The highest BCUT2D eigenvalue weighted by Crippen LogP contribution is 2.24. The van der Waals surface area contributed by atoms with E-state index in [2.05, 4.69) is 12.2 Å². The number of hydrogen-bond acceptors (Lipinski definition) is 5. The van der Waals surface area contributed by atoms with Gasteiger partial charge in [0.1, 0.15) is 5.76 Å². The van der Waals surface area contributed by atoms with Crippen molar-refractivity contribution in [2.45, 2.75) is 45.6 Å². The number of amides is 1. The van der Waals surface area contributed by atoms with Crippen LogP contribution in [0.2, 0.25) is 0 Å². The average molecular weight is 383 g/mol. The third kappa shape index (κ3) is 4.88. The molecule has 1 aliphatic rings. The van der Waals surface area contributed by atoms with Gasteiger partial charge in [-0.3, -0.25) is 9.59 Å². The van der Waals surface area contributed by atoms with Crippen molar-refractivity contribution in [1.82, 2.24) is 5.32 Å². The molecular formula is C22H25NO5. The van der Waals surface area contributed by atoms with Crippen LogP contribution in [-0.2, 0) is 9.53 Å². The van der Waals surface area contributed by atoms with Crippen molar-refractivity contribution >= 4 is 17.7 Å². The van der Waals surface area contributed by atoms with Crippen LogP contribution in [0, 0.1) is 5.92 Å². The van der Waals surface area contributed by atoms with Gasteiger partial charge in [-0.15, -0.1) is 0 Å². The predicted molar refractivity (Wildman–Crippen MR) is 104 cm³/mol. The summed E-state index contributed by atoms with van der Waals surface area (Å²) < 4.78 is 10.6. The molecule has 1 heterocycles. The minimum atomic E-state index is -0.682. The maximum atomic E-state index is 12.2. The van der Waals surface area contributed by atoms with E-state index in [1.54, 1.807) is 30.3 Å². The predicted octanol–water partition coefficient (Wildman–Crippen LogP) is 4.00. The summed E-state index contributed by atoms with van der Waals surface area (Å²) in [6.07, 6.45) is 4.37. The number of benzene rings is 1. The Hall–Kier alpha value is -2.89. The number of Topliss-reactive ketones (excluding diaryl/α,β-unsaturated/α-hetero) is 1. The van der Waals surface area contributed by atoms with Gasteiger partial charge in [0.15, 0.2) is 12.4 Å². The molecule has 0 saturated heterocycles. The summed E-state index contributed by atoms with van der Waals surface area (Å²) in [6, 6.07) is 10.2. The Balaban J connectivity index is 1.53. The quantitative estimate of drug-likeness (QED) is 0.602. The summed E-state index contributed by atoms with van der Waals surface area (Å²) in [5.74, 6) is -0.0317. The van der Waals surface area contributed by atoms with Gasteiger partial charge in [-0.1, -0.05) is 44.0 Å². The number of carbonyl (C=O) groups excluding carboxylic acids is 3. The molecular weight excluding hydrogens is 358 g/mol. The van der Waals surface area contributed by atoms with Gasteiger partial charge in [0, 0.05) is 17.2 Å². The van der Waals surface area contributed by atoms with Crippen LogP contribution in [0.4, 0.5) is 0 Å². The third-order valence-corrected chi connectivity index (χ3v) is 5.18. The monoisotopic (exact) mass is 383 g/mol.